The third-order valence-corrected chi connectivity index (χ3v) is 5.85. The van der Waals surface area contributed by atoms with E-state index in [1.165, 1.54) is 19.3 Å². The number of carbonyl (C=O) groups excluding carboxylic acids is 1. The van der Waals surface area contributed by atoms with E-state index in [0.29, 0.717) is 24.5 Å². The maximum absolute atomic E-state index is 11.5. The highest BCUT2D eigenvalue weighted by Gasteiger charge is 2.27. The molecule has 0 radical (unpaired) electrons. The molecule has 3 aliphatic heterocycles. The molecule has 3 aliphatic rings. The molecule has 2 fully saturated rings. The second-order valence-corrected chi connectivity index (χ2v) is 7.81. The van der Waals surface area contributed by atoms with Crippen LogP contribution in [-0.4, -0.2) is 67.9 Å². The third-order valence-electron chi connectivity index (χ3n) is 5.85. The van der Waals surface area contributed by atoms with Crippen LogP contribution in [0.3, 0.4) is 0 Å². The quantitative estimate of drug-likeness (QED) is 0.749. The number of rotatable bonds is 6. The number of cyclic esters (lactones) is 1. The number of benzene rings is 1. The van der Waals surface area contributed by atoms with Crippen LogP contribution in [0.1, 0.15) is 31.2 Å². The Labute approximate surface area is 165 Å². The first-order valence-electron chi connectivity index (χ1n) is 10.2. The highest BCUT2D eigenvalue weighted by molar-refractivity contribution is 5.69. The van der Waals surface area contributed by atoms with Crippen LogP contribution < -0.4 is 9.47 Å². The Balaban J connectivity index is 1.17. The highest BCUT2D eigenvalue weighted by Crippen LogP contribution is 2.33. The molecule has 1 aromatic rings. The smallest absolute Gasteiger partial charge is 0.409 e. The van der Waals surface area contributed by atoms with Gasteiger partial charge in [0.1, 0.15) is 19.3 Å². The topological polar surface area (TPSA) is 75.0 Å². The van der Waals surface area contributed by atoms with Crippen LogP contribution in [0.4, 0.5) is 4.79 Å². The van der Waals surface area contributed by atoms with Gasteiger partial charge in [0.2, 0.25) is 0 Å². The normalized spacial score (nSPS) is 22.8. The van der Waals surface area contributed by atoms with E-state index in [1.54, 1.807) is 18.2 Å². The van der Waals surface area contributed by atoms with Crippen LogP contribution >= 0.6 is 0 Å². The summed E-state index contributed by atoms with van der Waals surface area (Å²) in [7, 11) is 0. The fraction of sp³-hybridized carbons (Fsp3) is 0.619. The lowest BCUT2D eigenvalue weighted by Gasteiger charge is -2.35. The molecule has 1 amide bonds. The van der Waals surface area contributed by atoms with Crippen molar-refractivity contribution in [3.63, 3.8) is 0 Å². The SMILES string of the molecule is N#Cc1ccc2c(c1)OC(CN1CCC(CCCN3CCOC3=O)CC1)CO2. The number of likely N-dealkylation sites (tertiary alicyclic amines) is 1. The van der Waals surface area contributed by atoms with Crippen LogP contribution in [0.5, 0.6) is 11.5 Å². The number of ether oxygens (including phenoxy) is 3. The van der Waals surface area contributed by atoms with Crippen molar-refractivity contribution in [2.45, 2.75) is 31.8 Å². The zero-order valence-corrected chi connectivity index (χ0v) is 16.1. The first-order valence-corrected chi connectivity index (χ1v) is 10.2. The van der Waals surface area contributed by atoms with Crippen LogP contribution in [0.15, 0.2) is 18.2 Å². The van der Waals surface area contributed by atoms with Gasteiger partial charge in [-0.15, -0.1) is 0 Å². The summed E-state index contributed by atoms with van der Waals surface area (Å²) in [4.78, 5) is 15.7. The Morgan fingerprint density at radius 3 is 2.75 bits per heavy atom. The van der Waals surface area contributed by atoms with Gasteiger partial charge >= 0.3 is 6.09 Å². The molecule has 0 saturated carbocycles. The van der Waals surface area contributed by atoms with Crippen molar-refractivity contribution in [2.75, 3.05) is 45.9 Å². The van der Waals surface area contributed by atoms with Gasteiger partial charge in [0, 0.05) is 19.2 Å². The van der Waals surface area contributed by atoms with Crippen LogP contribution in [0.2, 0.25) is 0 Å². The van der Waals surface area contributed by atoms with Crippen molar-refractivity contribution in [1.82, 2.24) is 9.80 Å². The summed E-state index contributed by atoms with van der Waals surface area (Å²) in [5.74, 6) is 2.12. The van der Waals surface area contributed by atoms with Gasteiger partial charge in [0.25, 0.3) is 0 Å². The van der Waals surface area contributed by atoms with Gasteiger partial charge in [-0.25, -0.2) is 4.79 Å². The number of fused-ring (bicyclic) bond motifs is 1. The molecule has 3 heterocycles. The number of hydrogen-bond donors (Lipinski definition) is 0. The van der Waals surface area contributed by atoms with Crippen molar-refractivity contribution >= 4 is 6.09 Å². The van der Waals surface area contributed by atoms with E-state index in [9.17, 15) is 4.79 Å². The molecule has 28 heavy (non-hydrogen) atoms. The zero-order valence-electron chi connectivity index (χ0n) is 16.1. The van der Waals surface area contributed by atoms with Gasteiger partial charge in [-0.1, -0.05) is 0 Å². The van der Waals surface area contributed by atoms with Gasteiger partial charge < -0.3 is 19.1 Å². The molecule has 1 aromatic carbocycles. The van der Waals surface area contributed by atoms with E-state index in [2.05, 4.69) is 11.0 Å². The Bertz CT molecular complexity index is 740. The van der Waals surface area contributed by atoms with E-state index in [0.717, 1.165) is 50.8 Å². The number of amides is 1. The lowest BCUT2D eigenvalue weighted by Crippen LogP contribution is -2.44. The molecule has 2 saturated heterocycles. The number of carbonyl (C=O) groups is 1. The van der Waals surface area contributed by atoms with Crippen molar-refractivity contribution in [3.05, 3.63) is 23.8 Å². The largest absolute Gasteiger partial charge is 0.486 e. The van der Waals surface area contributed by atoms with Crippen molar-refractivity contribution in [2.24, 2.45) is 5.92 Å². The predicted octanol–water partition coefficient (Wildman–Crippen LogP) is 2.64. The van der Waals surface area contributed by atoms with Crippen LogP contribution in [0, 0.1) is 17.2 Å². The number of piperidine rings is 1. The Kier molecular flexibility index (Phi) is 5.87. The average Bonchev–Trinajstić information content (AvgIpc) is 3.13. The van der Waals surface area contributed by atoms with Gasteiger partial charge in [-0.2, -0.15) is 5.26 Å². The molecule has 0 bridgehead atoms. The third kappa shape index (κ3) is 4.50. The van der Waals surface area contributed by atoms with E-state index in [-0.39, 0.29) is 12.2 Å². The molecule has 7 nitrogen and oxygen atoms in total. The molecule has 150 valence electrons. The average molecular weight is 385 g/mol. The Morgan fingerprint density at radius 1 is 1.14 bits per heavy atom. The van der Waals surface area contributed by atoms with Gasteiger partial charge in [0.05, 0.1) is 18.2 Å². The predicted molar refractivity (Wildman–Crippen MR) is 102 cm³/mol. The summed E-state index contributed by atoms with van der Waals surface area (Å²) in [5.41, 5.74) is 0.589. The lowest BCUT2D eigenvalue weighted by molar-refractivity contribution is 0.0470. The summed E-state index contributed by atoms with van der Waals surface area (Å²) in [6, 6.07) is 7.45. The summed E-state index contributed by atoms with van der Waals surface area (Å²) in [6.07, 6.45) is 4.44. The van der Waals surface area contributed by atoms with Crippen molar-refractivity contribution in [3.8, 4) is 17.6 Å². The fourth-order valence-electron chi connectivity index (χ4n) is 4.22. The first-order chi connectivity index (χ1) is 13.7. The highest BCUT2D eigenvalue weighted by atomic mass is 16.6. The fourth-order valence-corrected chi connectivity index (χ4v) is 4.22. The molecule has 0 aliphatic carbocycles. The van der Waals surface area contributed by atoms with Gasteiger partial charge in [-0.05, 0) is 56.8 Å². The Morgan fingerprint density at radius 2 is 2.00 bits per heavy atom. The van der Waals surface area contributed by atoms with Crippen molar-refractivity contribution < 1.29 is 19.0 Å². The molecule has 1 unspecified atom stereocenters. The molecule has 1 atom stereocenters. The zero-order chi connectivity index (χ0) is 19.3. The van der Waals surface area contributed by atoms with E-state index < -0.39 is 0 Å². The summed E-state index contributed by atoms with van der Waals surface area (Å²) in [5, 5.41) is 9.05. The molecular formula is C21H27N3O4. The Hall–Kier alpha value is -2.46. The standard InChI is InChI=1S/C21H27N3O4/c22-13-17-3-4-19-20(12-17)28-18(15-27-19)14-23-8-5-16(6-9-23)2-1-7-24-10-11-26-21(24)25/h3-4,12,16,18H,1-2,5-11,14-15H2. The second-order valence-electron chi connectivity index (χ2n) is 7.81. The second kappa shape index (κ2) is 8.70. The number of nitrogens with zero attached hydrogens (tertiary/aromatic N) is 3. The number of nitriles is 1. The van der Waals surface area contributed by atoms with Gasteiger partial charge in [-0.3, -0.25) is 4.90 Å². The first kappa shape index (κ1) is 18.9. The maximum Gasteiger partial charge on any atom is 0.409 e. The minimum Gasteiger partial charge on any atom is -0.486 e. The lowest BCUT2D eigenvalue weighted by atomic mass is 9.92. The maximum atomic E-state index is 11.5. The summed E-state index contributed by atoms with van der Waals surface area (Å²) in [6.45, 7) is 5.62. The summed E-state index contributed by atoms with van der Waals surface area (Å²) >= 11 is 0. The minimum atomic E-state index is -0.159. The van der Waals surface area contributed by atoms with E-state index in [1.807, 2.05) is 4.90 Å². The van der Waals surface area contributed by atoms with Gasteiger partial charge in [0.15, 0.2) is 11.5 Å². The van der Waals surface area contributed by atoms with Crippen LogP contribution in [0.25, 0.3) is 0 Å². The van der Waals surface area contributed by atoms with E-state index >= 15 is 0 Å². The molecule has 0 spiro atoms. The molecule has 0 N–H and O–H groups in total. The van der Waals surface area contributed by atoms with E-state index in [4.69, 9.17) is 19.5 Å². The summed E-state index contributed by atoms with van der Waals surface area (Å²) < 4.78 is 16.8. The monoisotopic (exact) mass is 385 g/mol. The molecule has 0 aromatic heterocycles. The van der Waals surface area contributed by atoms with Crippen LogP contribution in [-0.2, 0) is 4.74 Å². The van der Waals surface area contributed by atoms with Crippen molar-refractivity contribution in [1.29, 1.82) is 5.26 Å². The number of hydrogen-bond acceptors (Lipinski definition) is 6. The molecule has 4 rings (SSSR count). The molecule has 7 heteroatoms. The minimum absolute atomic E-state index is 0.000767. The molecular weight excluding hydrogens is 358 g/mol.